The van der Waals surface area contributed by atoms with Gasteiger partial charge in [0.05, 0.1) is 0 Å². The maximum absolute atomic E-state index is 6.23. The lowest BCUT2D eigenvalue weighted by Crippen LogP contribution is -2.54. The molecule has 114 valence electrons. The quantitative estimate of drug-likeness (QED) is 0.720. The fourth-order valence-electron chi connectivity index (χ4n) is 3.81. The first kappa shape index (κ1) is 17.0. The monoisotopic (exact) mass is 268 g/mol. The second-order valence-corrected chi connectivity index (χ2v) is 6.88. The average Bonchev–Trinajstić information content (AvgIpc) is 2.90. The van der Waals surface area contributed by atoms with Crippen LogP contribution < -0.4 is 5.73 Å². The Kier molecular flexibility index (Phi) is 6.32. The molecule has 2 atom stereocenters. The molecule has 2 unspecified atom stereocenters. The van der Waals surface area contributed by atoms with Gasteiger partial charge in [-0.15, -0.1) is 0 Å². The highest BCUT2D eigenvalue weighted by molar-refractivity contribution is 4.99. The second-order valence-electron chi connectivity index (χ2n) is 6.88. The van der Waals surface area contributed by atoms with E-state index in [1.54, 1.807) is 0 Å². The van der Waals surface area contributed by atoms with Crippen molar-refractivity contribution in [2.24, 2.45) is 17.1 Å². The van der Waals surface area contributed by atoms with Gasteiger partial charge in [-0.3, -0.25) is 4.90 Å². The van der Waals surface area contributed by atoms with Crippen LogP contribution in [-0.4, -0.2) is 30.1 Å². The van der Waals surface area contributed by atoms with Gasteiger partial charge in [0, 0.05) is 18.6 Å². The molecule has 0 aromatic heterocycles. The van der Waals surface area contributed by atoms with Crippen molar-refractivity contribution < 1.29 is 0 Å². The zero-order valence-corrected chi connectivity index (χ0v) is 14.0. The molecule has 1 heterocycles. The van der Waals surface area contributed by atoms with Crippen molar-refractivity contribution >= 4 is 0 Å². The van der Waals surface area contributed by atoms with Crippen molar-refractivity contribution in [2.45, 2.75) is 78.7 Å². The lowest BCUT2D eigenvalue weighted by atomic mass is 9.80. The Morgan fingerprint density at radius 3 is 2.21 bits per heavy atom. The van der Waals surface area contributed by atoms with E-state index in [4.69, 9.17) is 5.73 Å². The first-order valence-electron chi connectivity index (χ1n) is 8.46. The predicted octanol–water partition coefficient (Wildman–Crippen LogP) is 4.04. The van der Waals surface area contributed by atoms with Crippen molar-refractivity contribution in [3.8, 4) is 0 Å². The van der Waals surface area contributed by atoms with E-state index < -0.39 is 0 Å². The minimum Gasteiger partial charge on any atom is -0.329 e. The van der Waals surface area contributed by atoms with Gasteiger partial charge in [0.15, 0.2) is 0 Å². The third-order valence-electron chi connectivity index (χ3n) is 6.07. The molecule has 0 aliphatic carbocycles. The minimum atomic E-state index is 0.252. The summed E-state index contributed by atoms with van der Waals surface area (Å²) in [5, 5.41) is 0. The summed E-state index contributed by atoms with van der Waals surface area (Å²) in [5.74, 6) is 0.779. The van der Waals surface area contributed by atoms with Crippen LogP contribution in [0.2, 0.25) is 0 Å². The second kappa shape index (κ2) is 7.08. The van der Waals surface area contributed by atoms with Gasteiger partial charge in [-0.1, -0.05) is 41.0 Å². The van der Waals surface area contributed by atoms with E-state index in [-0.39, 0.29) is 5.54 Å². The van der Waals surface area contributed by atoms with Crippen LogP contribution in [0.3, 0.4) is 0 Å². The number of rotatable bonds is 8. The summed E-state index contributed by atoms with van der Waals surface area (Å²) in [6.07, 6.45) is 7.71. The molecule has 2 nitrogen and oxygen atoms in total. The Morgan fingerprint density at radius 2 is 1.84 bits per heavy atom. The van der Waals surface area contributed by atoms with Gasteiger partial charge in [-0.05, 0) is 50.0 Å². The van der Waals surface area contributed by atoms with E-state index in [2.05, 4.69) is 39.5 Å². The van der Waals surface area contributed by atoms with E-state index in [1.165, 1.54) is 51.6 Å². The normalized spacial score (nSPS) is 24.3. The number of hydrogen-bond acceptors (Lipinski definition) is 2. The molecule has 0 radical (unpaired) electrons. The molecule has 2 N–H and O–H groups in total. The summed E-state index contributed by atoms with van der Waals surface area (Å²) >= 11 is 0. The van der Waals surface area contributed by atoms with Crippen molar-refractivity contribution in [3.63, 3.8) is 0 Å². The predicted molar refractivity (Wildman–Crippen MR) is 85.4 cm³/mol. The maximum atomic E-state index is 6.23. The number of nitrogens with zero attached hydrogens (tertiary/aromatic N) is 1. The first-order chi connectivity index (χ1) is 9.01. The summed E-state index contributed by atoms with van der Waals surface area (Å²) in [6.45, 7) is 15.1. The standard InChI is InChI=1S/C17H36N2/c1-6-15(5)12-17(9-4,13-18)19-11-10-16(7-2,8-3)14-19/h15H,6-14,18H2,1-5H3. The Balaban J connectivity index is 2.83. The molecule has 19 heavy (non-hydrogen) atoms. The summed E-state index contributed by atoms with van der Waals surface area (Å²) in [5.41, 5.74) is 7.04. The van der Waals surface area contributed by atoms with Crippen LogP contribution in [-0.2, 0) is 0 Å². The summed E-state index contributed by atoms with van der Waals surface area (Å²) in [4.78, 5) is 2.74. The molecule has 0 saturated carbocycles. The number of nitrogens with two attached hydrogens (primary N) is 1. The highest BCUT2D eigenvalue weighted by Gasteiger charge is 2.43. The maximum Gasteiger partial charge on any atom is 0.0331 e. The van der Waals surface area contributed by atoms with Crippen LogP contribution in [0.25, 0.3) is 0 Å². The van der Waals surface area contributed by atoms with Gasteiger partial charge in [-0.2, -0.15) is 0 Å². The summed E-state index contributed by atoms with van der Waals surface area (Å²) < 4.78 is 0. The van der Waals surface area contributed by atoms with Crippen LogP contribution in [0.5, 0.6) is 0 Å². The molecule has 1 aliphatic heterocycles. The van der Waals surface area contributed by atoms with Crippen LogP contribution in [0, 0.1) is 11.3 Å². The Morgan fingerprint density at radius 1 is 1.21 bits per heavy atom. The topological polar surface area (TPSA) is 29.3 Å². The molecule has 0 aromatic rings. The molecule has 1 aliphatic rings. The average molecular weight is 268 g/mol. The molecular formula is C17H36N2. The number of hydrogen-bond donors (Lipinski definition) is 1. The molecule has 1 fully saturated rings. The molecular weight excluding hydrogens is 232 g/mol. The van der Waals surface area contributed by atoms with Crippen molar-refractivity contribution in [2.75, 3.05) is 19.6 Å². The van der Waals surface area contributed by atoms with Crippen LogP contribution in [0.15, 0.2) is 0 Å². The minimum absolute atomic E-state index is 0.252. The summed E-state index contributed by atoms with van der Waals surface area (Å²) in [7, 11) is 0. The first-order valence-corrected chi connectivity index (χ1v) is 8.46. The fraction of sp³-hybridized carbons (Fsp3) is 1.00. The molecule has 0 aromatic carbocycles. The lowest BCUT2D eigenvalue weighted by Gasteiger charge is -2.43. The fourth-order valence-corrected chi connectivity index (χ4v) is 3.81. The molecule has 0 amide bonds. The zero-order valence-electron chi connectivity index (χ0n) is 14.0. The van der Waals surface area contributed by atoms with Crippen LogP contribution in [0.4, 0.5) is 0 Å². The van der Waals surface area contributed by atoms with E-state index in [0.29, 0.717) is 5.41 Å². The van der Waals surface area contributed by atoms with Crippen molar-refractivity contribution in [3.05, 3.63) is 0 Å². The van der Waals surface area contributed by atoms with Gasteiger partial charge in [0.2, 0.25) is 0 Å². The van der Waals surface area contributed by atoms with Crippen LogP contribution in [0.1, 0.15) is 73.1 Å². The van der Waals surface area contributed by atoms with Gasteiger partial charge in [0.25, 0.3) is 0 Å². The van der Waals surface area contributed by atoms with Crippen molar-refractivity contribution in [1.82, 2.24) is 4.90 Å². The SMILES string of the molecule is CCC(C)CC(CC)(CN)N1CCC(CC)(CC)C1. The van der Waals surface area contributed by atoms with Gasteiger partial charge < -0.3 is 5.73 Å². The van der Waals surface area contributed by atoms with E-state index in [9.17, 15) is 0 Å². The summed E-state index contributed by atoms with van der Waals surface area (Å²) in [6, 6.07) is 0. The molecule has 1 saturated heterocycles. The Labute approximate surface area is 121 Å². The smallest absolute Gasteiger partial charge is 0.0331 e. The number of likely N-dealkylation sites (tertiary alicyclic amines) is 1. The van der Waals surface area contributed by atoms with Crippen molar-refractivity contribution in [1.29, 1.82) is 0 Å². The lowest BCUT2D eigenvalue weighted by molar-refractivity contribution is 0.0749. The van der Waals surface area contributed by atoms with E-state index in [0.717, 1.165) is 12.5 Å². The highest BCUT2D eigenvalue weighted by Crippen LogP contribution is 2.42. The van der Waals surface area contributed by atoms with E-state index >= 15 is 0 Å². The van der Waals surface area contributed by atoms with Gasteiger partial charge in [0.1, 0.15) is 0 Å². The largest absolute Gasteiger partial charge is 0.329 e. The zero-order chi connectivity index (χ0) is 14.5. The van der Waals surface area contributed by atoms with Gasteiger partial charge in [-0.25, -0.2) is 0 Å². The van der Waals surface area contributed by atoms with Gasteiger partial charge >= 0.3 is 0 Å². The Hall–Kier alpha value is -0.0800. The third-order valence-corrected chi connectivity index (χ3v) is 6.07. The molecule has 0 bridgehead atoms. The molecule has 1 rings (SSSR count). The molecule has 2 heteroatoms. The highest BCUT2D eigenvalue weighted by atomic mass is 15.2. The molecule has 0 spiro atoms. The van der Waals surface area contributed by atoms with E-state index in [1.807, 2.05) is 0 Å². The van der Waals surface area contributed by atoms with Crippen LogP contribution >= 0.6 is 0 Å². The third kappa shape index (κ3) is 3.52. The Bertz CT molecular complexity index is 254.